The van der Waals surface area contributed by atoms with Crippen molar-refractivity contribution in [2.75, 3.05) is 25.6 Å². The van der Waals surface area contributed by atoms with Crippen LogP contribution in [-0.2, 0) is 20.7 Å². The van der Waals surface area contributed by atoms with E-state index in [0.717, 1.165) is 12.1 Å². The van der Waals surface area contributed by atoms with Crippen LogP contribution in [0.25, 0.3) is 0 Å². The van der Waals surface area contributed by atoms with Crippen molar-refractivity contribution in [2.24, 2.45) is 5.92 Å². The summed E-state index contributed by atoms with van der Waals surface area (Å²) in [5.41, 5.74) is 2.05. The van der Waals surface area contributed by atoms with Crippen molar-refractivity contribution in [1.29, 1.82) is 0 Å². The fraction of sp³-hybridized carbons (Fsp3) is 0.562. The molecule has 0 radical (unpaired) electrons. The van der Waals surface area contributed by atoms with Gasteiger partial charge in [0.2, 0.25) is 0 Å². The highest BCUT2D eigenvalue weighted by Crippen LogP contribution is 2.25. The van der Waals surface area contributed by atoms with E-state index >= 15 is 0 Å². The highest BCUT2D eigenvalue weighted by Gasteiger charge is 2.26. The lowest BCUT2D eigenvalue weighted by Crippen LogP contribution is -2.32. The molecule has 1 atom stereocenters. The summed E-state index contributed by atoms with van der Waals surface area (Å²) in [6.45, 7) is 5.01. The average molecular weight is 277 g/mol. The molecule has 4 heteroatoms. The van der Waals surface area contributed by atoms with Gasteiger partial charge in [-0.1, -0.05) is 18.2 Å². The Balaban J connectivity index is 1.83. The van der Waals surface area contributed by atoms with E-state index in [1.807, 2.05) is 32.0 Å². The number of ether oxygens (including phenoxy) is 2. The van der Waals surface area contributed by atoms with Gasteiger partial charge in [0, 0.05) is 25.8 Å². The second kappa shape index (κ2) is 6.27. The lowest BCUT2D eigenvalue weighted by molar-refractivity contribution is -0.149. The topological polar surface area (TPSA) is 47.6 Å². The number of nitrogens with one attached hydrogen (secondary N) is 1. The van der Waals surface area contributed by atoms with Crippen LogP contribution in [0.15, 0.2) is 24.3 Å². The standard InChI is InChI=1S/C16H23NO3/c1-16(2,19-3)8-9-20-15(18)13-10-12-6-4-5-7-14(12)17-11-13/h4-7,13,17H,8-11H2,1-3H3. The highest BCUT2D eigenvalue weighted by molar-refractivity contribution is 5.75. The molecule has 0 bridgehead atoms. The molecule has 0 saturated heterocycles. The van der Waals surface area contributed by atoms with Gasteiger partial charge in [-0.15, -0.1) is 0 Å². The molecule has 1 aliphatic rings. The monoisotopic (exact) mass is 277 g/mol. The number of para-hydroxylation sites is 1. The number of rotatable bonds is 5. The van der Waals surface area contributed by atoms with Crippen LogP contribution in [0.3, 0.4) is 0 Å². The smallest absolute Gasteiger partial charge is 0.311 e. The minimum atomic E-state index is -0.252. The fourth-order valence-electron chi connectivity index (χ4n) is 2.23. The van der Waals surface area contributed by atoms with Crippen molar-refractivity contribution in [3.05, 3.63) is 29.8 Å². The van der Waals surface area contributed by atoms with E-state index in [1.54, 1.807) is 7.11 Å². The molecule has 1 aliphatic heterocycles. The van der Waals surface area contributed by atoms with Crippen molar-refractivity contribution >= 4 is 11.7 Å². The third-order valence-electron chi connectivity index (χ3n) is 3.86. The molecule has 1 N–H and O–H groups in total. The fourth-order valence-corrected chi connectivity index (χ4v) is 2.23. The van der Waals surface area contributed by atoms with E-state index in [-0.39, 0.29) is 17.5 Å². The second-order valence-corrected chi connectivity index (χ2v) is 5.82. The molecule has 2 rings (SSSR count). The van der Waals surface area contributed by atoms with Crippen molar-refractivity contribution in [3.63, 3.8) is 0 Å². The molecule has 0 spiro atoms. The summed E-state index contributed by atoms with van der Waals surface area (Å²) in [5, 5.41) is 3.29. The summed E-state index contributed by atoms with van der Waals surface area (Å²) in [4.78, 5) is 12.1. The Bertz CT molecular complexity index is 471. The third kappa shape index (κ3) is 3.73. The summed E-state index contributed by atoms with van der Waals surface area (Å²) in [5.74, 6) is -0.227. The number of carbonyl (C=O) groups excluding carboxylic acids is 1. The average Bonchev–Trinajstić information content (AvgIpc) is 2.46. The third-order valence-corrected chi connectivity index (χ3v) is 3.86. The summed E-state index contributed by atoms with van der Waals surface area (Å²) < 4.78 is 10.7. The Morgan fingerprint density at radius 1 is 1.40 bits per heavy atom. The summed E-state index contributed by atoms with van der Waals surface area (Å²) in [6.07, 6.45) is 1.45. The van der Waals surface area contributed by atoms with Crippen molar-refractivity contribution in [3.8, 4) is 0 Å². The van der Waals surface area contributed by atoms with Gasteiger partial charge in [0.05, 0.1) is 18.1 Å². The first-order valence-corrected chi connectivity index (χ1v) is 7.05. The molecule has 0 aromatic heterocycles. The van der Waals surface area contributed by atoms with Gasteiger partial charge in [0.15, 0.2) is 0 Å². The van der Waals surface area contributed by atoms with E-state index in [0.29, 0.717) is 19.6 Å². The molecule has 1 aromatic carbocycles. The van der Waals surface area contributed by atoms with Gasteiger partial charge >= 0.3 is 5.97 Å². The zero-order valence-corrected chi connectivity index (χ0v) is 12.4. The number of benzene rings is 1. The first-order valence-electron chi connectivity index (χ1n) is 7.05. The molecular formula is C16H23NO3. The van der Waals surface area contributed by atoms with E-state index in [2.05, 4.69) is 11.4 Å². The van der Waals surface area contributed by atoms with E-state index in [4.69, 9.17) is 9.47 Å². The summed E-state index contributed by atoms with van der Waals surface area (Å²) in [7, 11) is 1.67. The van der Waals surface area contributed by atoms with Gasteiger partial charge in [-0.25, -0.2) is 0 Å². The lowest BCUT2D eigenvalue weighted by atomic mass is 9.94. The number of hydrogen-bond donors (Lipinski definition) is 1. The Kier molecular flexibility index (Phi) is 4.65. The van der Waals surface area contributed by atoms with Gasteiger partial charge in [-0.2, -0.15) is 0 Å². The Labute approximate surface area is 120 Å². The maximum Gasteiger partial charge on any atom is 0.311 e. The molecule has 1 aromatic rings. The van der Waals surface area contributed by atoms with E-state index in [9.17, 15) is 4.79 Å². The van der Waals surface area contributed by atoms with Gasteiger partial charge in [-0.05, 0) is 31.9 Å². The first kappa shape index (κ1) is 14.9. The second-order valence-electron chi connectivity index (χ2n) is 5.82. The molecule has 1 heterocycles. The van der Waals surface area contributed by atoms with Gasteiger partial charge in [0.25, 0.3) is 0 Å². The Hall–Kier alpha value is -1.55. The maximum atomic E-state index is 12.1. The van der Waals surface area contributed by atoms with Crippen LogP contribution in [-0.4, -0.2) is 31.8 Å². The quantitative estimate of drug-likeness (QED) is 0.841. The SMILES string of the molecule is COC(C)(C)CCOC(=O)C1CNc2ccccc2C1. The van der Waals surface area contributed by atoms with Crippen LogP contribution in [0, 0.1) is 5.92 Å². The minimum Gasteiger partial charge on any atom is -0.465 e. The van der Waals surface area contributed by atoms with Crippen molar-refractivity contribution < 1.29 is 14.3 Å². The Morgan fingerprint density at radius 2 is 2.15 bits per heavy atom. The van der Waals surface area contributed by atoms with Gasteiger partial charge in [0.1, 0.15) is 0 Å². The van der Waals surface area contributed by atoms with Crippen LogP contribution in [0.4, 0.5) is 5.69 Å². The number of hydrogen-bond acceptors (Lipinski definition) is 4. The van der Waals surface area contributed by atoms with Crippen LogP contribution in [0.1, 0.15) is 25.8 Å². The molecule has 0 aliphatic carbocycles. The largest absolute Gasteiger partial charge is 0.465 e. The molecule has 0 fully saturated rings. The summed E-state index contributed by atoms with van der Waals surface area (Å²) >= 11 is 0. The van der Waals surface area contributed by atoms with Crippen molar-refractivity contribution in [2.45, 2.75) is 32.3 Å². The first-order chi connectivity index (χ1) is 9.52. The molecule has 0 saturated carbocycles. The van der Waals surface area contributed by atoms with E-state index in [1.165, 1.54) is 5.56 Å². The normalized spacial score (nSPS) is 18.1. The minimum absolute atomic E-state index is 0.101. The Morgan fingerprint density at radius 3 is 2.90 bits per heavy atom. The molecular weight excluding hydrogens is 254 g/mol. The van der Waals surface area contributed by atoms with E-state index < -0.39 is 0 Å². The van der Waals surface area contributed by atoms with Crippen LogP contribution < -0.4 is 5.32 Å². The number of esters is 1. The summed E-state index contributed by atoms with van der Waals surface area (Å²) in [6, 6.07) is 8.08. The van der Waals surface area contributed by atoms with Crippen LogP contribution >= 0.6 is 0 Å². The lowest BCUT2D eigenvalue weighted by Gasteiger charge is -2.26. The molecule has 110 valence electrons. The maximum absolute atomic E-state index is 12.1. The molecule has 4 nitrogen and oxygen atoms in total. The highest BCUT2D eigenvalue weighted by atomic mass is 16.5. The number of anilines is 1. The van der Waals surface area contributed by atoms with Crippen LogP contribution in [0.2, 0.25) is 0 Å². The van der Waals surface area contributed by atoms with Crippen molar-refractivity contribution in [1.82, 2.24) is 0 Å². The molecule has 1 unspecified atom stereocenters. The molecule has 0 amide bonds. The zero-order chi connectivity index (χ0) is 14.6. The predicted octanol–water partition coefficient (Wildman–Crippen LogP) is 2.63. The zero-order valence-electron chi connectivity index (χ0n) is 12.4. The van der Waals surface area contributed by atoms with Gasteiger partial charge in [-0.3, -0.25) is 4.79 Å². The predicted molar refractivity (Wildman–Crippen MR) is 78.8 cm³/mol. The number of carbonyl (C=O) groups is 1. The van der Waals surface area contributed by atoms with Gasteiger partial charge < -0.3 is 14.8 Å². The number of fused-ring (bicyclic) bond motifs is 1. The number of methoxy groups -OCH3 is 1. The van der Waals surface area contributed by atoms with Crippen LogP contribution in [0.5, 0.6) is 0 Å². The molecule has 20 heavy (non-hydrogen) atoms.